The zero-order valence-corrected chi connectivity index (χ0v) is 19.2. The number of carboxylic acid groups (broad SMARTS) is 2. The van der Waals surface area contributed by atoms with Crippen molar-refractivity contribution in [3.8, 4) is 0 Å². The summed E-state index contributed by atoms with van der Waals surface area (Å²) in [5.41, 5.74) is 5.83. The molecule has 11 nitrogen and oxygen atoms in total. The standard InChI is InChI=1S/C21H36N4O7/c1-5-12(4)17(20(30)25-10-6-7-14(25)21(31)32)24-18(28)13(8-9-15(26)27)23-19(29)16(22)11(2)3/h11-14,16-17H,5-10,22H2,1-4H3,(H,23,29)(H,24,28)(H,26,27)(H,31,32). The summed E-state index contributed by atoms with van der Waals surface area (Å²) < 4.78 is 0. The van der Waals surface area contributed by atoms with E-state index < -0.39 is 53.8 Å². The molecule has 0 spiro atoms. The largest absolute Gasteiger partial charge is 0.481 e. The number of likely N-dealkylation sites (tertiary alicyclic amines) is 1. The van der Waals surface area contributed by atoms with Crippen molar-refractivity contribution in [2.24, 2.45) is 17.6 Å². The van der Waals surface area contributed by atoms with E-state index in [1.54, 1.807) is 20.8 Å². The van der Waals surface area contributed by atoms with Gasteiger partial charge in [0.25, 0.3) is 0 Å². The highest BCUT2D eigenvalue weighted by atomic mass is 16.4. The Balaban J connectivity index is 3.06. The summed E-state index contributed by atoms with van der Waals surface area (Å²) in [4.78, 5) is 62.3. The molecule has 0 aromatic rings. The van der Waals surface area contributed by atoms with Crippen LogP contribution < -0.4 is 16.4 Å². The lowest BCUT2D eigenvalue weighted by atomic mass is 9.96. The van der Waals surface area contributed by atoms with Crippen LogP contribution in [-0.4, -0.2) is 75.5 Å². The fraction of sp³-hybridized carbons (Fsp3) is 0.762. The summed E-state index contributed by atoms with van der Waals surface area (Å²) in [6.45, 7) is 7.35. The molecule has 32 heavy (non-hydrogen) atoms. The third-order valence-electron chi connectivity index (χ3n) is 5.90. The number of hydrogen-bond donors (Lipinski definition) is 5. The first kappa shape index (κ1) is 27.3. The average molecular weight is 457 g/mol. The number of nitrogens with zero attached hydrogens (tertiary/aromatic N) is 1. The third-order valence-corrected chi connectivity index (χ3v) is 5.90. The van der Waals surface area contributed by atoms with E-state index >= 15 is 0 Å². The van der Waals surface area contributed by atoms with Crippen LogP contribution in [0.3, 0.4) is 0 Å². The van der Waals surface area contributed by atoms with Gasteiger partial charge in [-0.15, -0.1) is 0 Å². The highest BCUT2D eigenvalue weighted by Crippen LogP contribution is 2.21. The lowest BCUT2D eigenvalue weighted by Gasteiger charge is -2.31. The van der Waals surface area contributed by atoms with Gasteiger partial charge in [0.1, 0.15) is 18.1 Å². The van der Waals surface area contributed by atoms with Crippen LogP contribution in [0.5, 0.6) is 0 Å². The number of carbonyl (C=O) groups is 5. The molecule has 0 aromatic heterocycles. The number of amides is 3. The van der Waals surface area contributed by atoms with Gasteiger partial charge < -0.3 is 31.5 Å². The maximum Gasteiger partial charge on any atom is 0.326 e. The van der Waals surface area contributed by atoms with E-state index in [-0.39, 0.29) is 31.2 Å². The SMILES string of the molecule is CCC(C)C(NC(=O)C(CCC(=O)O)NC(=O)C(N)C(C)C)C(=O)N1CCCC1C(=O)O. The van der Waals surface area contributed by atoms with Crippen molar-refractivity contribution in [3.05, 3.63) is 0 Å². The van der Waals surface area contributed by atoms with Crippen LogP contribution in [0.4, 0.5) is 0 Å². The summed E-state index contributed by atoms with van der Waals surface area (Å²) in [5, 5.41) is 23.5. The van der Waals surface area contributed by atoms with Gasteiger partial charge in [0.05, 0.1) is 6.04 Å². The zero-order valence-electron chi connectivity index (χ0n) is 19.2. The summed E-state index contributed by atoms with van der Waals surface area (Å²) in [7, 11) is 0. The number of hydrogen-bond acceptors (Lipinski definition) is 6. The molecule has 1 fully saturated rings. The van der Waals surface area contributed by atoms with E-state index in [9.17, 15) is 29.1 Å². The van der Waals surface area contributed by atoms with Crippen molar-refractivity contribution in [1.82, 2.24) is 15.5 Å². The molecule has 1 rings (SSSR count). The molecule has 1 aliphatic heterocycles. The monoisotopic (exact) mass is 456 g/mol. The molecular weight excluding hydrogens is 420 g/mol. The maximum absolute atomic E-state index is 13.2. The van der Waals surface area contributed by atoms with Crippen LogP contribution in [0.2, 0.25) is 0 Å². The Labute approximate surface area is 188 Å². The fourth-order valence-electron chi connectivity index (χ4n) is 3.51. The quantitative estimate of drug-likeness (QED) is 0.270. The number of nitrogens with two attached hydrogens (primary N) is 1. The van der Waals surface area contributed by atoms with Crippen LogP contribution in [0.15, 0.2) is 0 Å². The van der Waals surface area contributed by atoms with Crippen molar-refractivity contribution in [3.63, 3.8) is 0 Å². The fourth-order valence-corrected chi connectivity index (χ4v) is 3.51. The van der Waals surface area contributed by atoms with E-state index in [4.69, 9.17) is 10.8 Å². The first-order valence-corrected chi connectivity index (χ1v) is 11.0. The Hall–Kier alpha value is -2.69. The molecule has 182 valence electrons. The molecule has 1 aliphatic rings. The molecule has 5 unspecified atom stereocenters. The van der Waals surface area contributed by atoms with Gasteiger partial charge in [0.15, 0.2) is 0 Å². The van der Waals surface area contributed by atoms with Crippen LogP contribution in [0.25, 0.3) is 0 Å². The van der Waals surface area contributed by atoms with Gasteiger partial charge in [-0.2, -0.15) is 0 Å². The summed E-state index contributed by atoms with van der Waals surface area (Å²) in [6, 6.07) is -4.03. The molecule has 1 saturated heterocycles. The maximum atomic E-state index is 13.2. The molecular formula is C21H36N4O7. The van der Waals surface area contributed by atoms with Crippen molar-refractivity contribution >= 4 is 29.7 Å². The van der Waals surface area contributed by atoms with E-state index in [0.29, 0.717) is 19.3 Å². The molecule has 5 atom stereocenters. The topological polar surface area (TPSA) is 179 Å². The molecule has 0 aromatic carbocycles. The number of carboxylic acids is 2. The molecule has 11 heteroatoms. The first-order chi connectivity index (χ1) is 14.9. The van der Waals surface area contributed by atoms with Crippen molar-refractivity contribution in [2.45, 2.75) is 84.0 Å². The smallest absolute Gasteiger partial charge is 0.326 e. The molecule has 0 radical (unpaired) electrons. The van der Waals surface area contributed by atoms with Gasteiger partial charge in [-0.25, -0.2) is 4.79 Å². The van der Waals surface area contributed by atoms with Crippen LogP contribution in [0.1, 0.15) is 59.8 Å². The van der Waals surface area contributed by atoms with E-state index in [2.05, 4.69) is 10.6 Å². The predicted octanol–water partition coefficient (Wildman–Crippen LogP) is -0.0742. The number of rotatable bonds is 12. The van der Waals surface area contributed by atoms with E-state index in [1.807, 2.05) is 6.92 Å². The van der Waals surface area contributed by atoms with Gasteiger partial charge >= 0.3 is 11.9 Å². The second-order valence-electron chi connectivity index (χ2n) is 8.66. The molecule has 0 saturated carbocycles. The third kappa shape index (κ3) is 7.47. The van der Waals surface area contributed by atoms with E-state index in [0.717, 1.165) is 0 Å². The Bertz CT molecular complexity index is 712. The second-order valence-corrected chi connectivity index (χ2v) is 8.66. The lowest BCUT2D eigenvalue weighted by Crippen LogP contribution is -2.59. The Morgan fingerprint density at radius 1 is 1.06 bits per heavy atom. The molecule has 0 bridgehead atoms. The van der Waals surface area contributed by atoms with Crippen molar-refractivity contribution in [1.29, 1.82) is 0 Å². The molecule has 1 heterocycles. The minimum Gasteiger partial charge on any atom is -0.481 e. The molecule has 6 N–H and O–H groups in total. The highest BCUT2D eigenvalue weighted by molar-refractivity contribution is 5.94. The summed E-state index contributed by atoms with van der Waals surface area (Å²) in [5.74, 6) is -4.55. The Morgan fingerprint density at radius 2 is 1.69 bits per heavy atom. The highest BCUT2D eigenvalue weighted by Gasteiger charge is 2.40. The minimum absolute atomic E-state index is 0.180. The van der Waals surface area contributed by atoms with Crippen LogP contribution in [0, 0.1) is 11.8 Å². The number of carbonyl (C=O) groups excluding carboxylic acids is 3. The van der Waals surface area contributed by atoms with E-state index in [1.165, 1.54) is 4.90 Å². The van der Waals surface area contributed by atoms with Crippen molar-refractivity contribution < 1.29 is 34.2 Å². The minimum atomic E-state index is -1.20. The lowest BCUT2D eigenvalue weighted by molar-refractivity contribution is -0.150. The molecule has 0 aliphatic carbocycles. The van der Waals surface area contributed by atoms with Gasteiger partial charge in [-0.3, -0.25) is 19.2 Å². The Kier molecular flexibility index (Phi) is 10.6. The molecule has 3 amide bonds. The number of nitrogens with one attached hydrogen (secondary N) is 2. The number of aliphatic carboxylic acids is 2. The predicted molar refractivity (Wildman–Crippen MR) is 115 cm³/mol. The van der Waals surface area contributed by atoms with Gasteiger partial charge in [0.2, 0.25) is 17.7 Å². The summed E-state index contributed by atoms with van der Waals surface area (Å²) in [6.07, 6.45) is 0.874. The van der Waals surface area contributed by atoms with Crippen LogP contribution in [-0.2, 0) is 24.0 Å². The first-order valence-electron chi connectivity index (χ1n) is 11.0. The van der Waals surface area contributed by atoms with Gasteiger partial charge in [-0.1, -0.05) is 34.1 Å². The second kappa shape index (κ2) is 12.4. The normalized spacial score (nSPS) is 19.7. The van der Waals surface area contributed by atoms with Gasteiger partial charge in [-0.05, 0) is 31.1 Å². The summed E-state index contributed by atoms with van der Waals surface area (Å²) >= 11 is 0. The Morgan fingerprint density at radius 3 is 2.19 bits per heavy atom. The zero-order chi connectivity index (χ0) is 24.6. The average Bonchev–Trinajstić information content (AvgIpc) is 3.23. The van der Waals surface area contributed by atoms with Crippen LogP contribution >= 0.6 is 0 Å². The van der Waals surface area contributed by atoms with Gasteiger partial charge in [0, 0.05) is 13.0 Å². The van der Waals surface area contributed by atoms with Crippen molar-refractivity contribution in [2.75, 3.05) is 6.54 Å².